The van der Waals surface area contributed by atoms with Gasteiger partial charge in [-0.15, -0.1) is 0 Å². The molecular weight excluding hydrogens is 215 g/mol. The molecule has 0 aliphatic rings. The van der Waals surface area contributed by atoms with Crippen molar-refractivity contribution in [2.75, 3.05) is 6.54 Å². The number of hydrogen-bond acceptors (Lipinski definition) is 4. The molecule has 0 heterocycles. The Kier molecular flexibility index (Phi) is 16.1. The smallest absolute Gasteiger partial charge is 0.870 e. The van der Waals surface area contributed by atoms with E-state index >= 15 is 0 Å². The molecule has 0 aromatic carbocycles. The molecule has 0 saturated carbocycles. The Hall–Kier alpha value is 0.296. The van der Waals surface area contributed by atoms with Crippen LogP contribution in [0.1, 0.15) is 12.8 Å². The second-order valence-electron chi connectivity index (χ2n) is 2.43. The minimum Gasteiger partial charge on any atom is -0.870 e. The zero-order chi connectivity index (χ0) is 9.56. The second-order valence-corrected chi connectivity index (χ2v) is 2.43. The quantitative estimate of drug-likeness (QED) is 0.139. The number of hydrogen-bond donors (Lipinski definition) is 5. The summed E-state index contributed by atoms with van der Waals surface area (Å²) in [5.74, 6) is -1.11. The van der Waals surface area contributed by atoms with Crippen LogP contribution in [0.3, 0.4) is 0 Å². The molecule has 0 aromatic heterocycles. The summed E-state index contributed by atoms with van der Waals surface area (Å²) in [5, 5.41) is 17.7. The van der Waals surface area contributed by atoms with Gasteiger partial charge in [-0.05, 0) is 12.8 Å². The molecule has 0 fully saturated rings. The van der Waals surface area contributed by atoms with Crippen molar-refractivity contribution in [1.29, 1.82) is 5.41 Å². The van der Waals surface area contributed by atoms with Crippen LogP contribution < -0.4 is 68.2 Å². The summed E-state index contributed by atoms with van der Waals surface area (Å²) in [6.07, 6.45) is 0.975. The Morgan fingerprint density at radius 1 is 1.57 bits per heavy atom. The first-order valence-corrected chi connectivity index (χ1v) is 3.60. The van der Waals surface area contributed by atoms with Gasteiger partial charge in [-0.2, -0.15) is 0 Å². The topological polar surface area (TPSA) is 155 Å². The van der Waals surface area contributed by atoms with Gasteiger partial charge in [0.25, 0.3) is 0 Å². The van der Waals surface area contributed by atoms with Gasteiger partial charge in [-0.3, -0.25) is 10.2 Å². The fraction of sp³-hybridized carbons (Fsp3) is 0.667. The number of carboxylic acid groups (broad SMARTS) is 1. The molecule has 0 aromatic rings. The van der Waals surface area contributed by atoms with Crippen molar-refractivity contribution in [1.82, 2.24) is 5.32 Å². The van der Waals surface area contributed by atoms with E-state index in [0.29, 0.717) is 19.4 Å². The van der Waals surface area contributed by atoms with Crippen molar-refractivity contribution in [3.8, 4) is 0 Å². The number of aliphatic carboxylic acids is 1. The summed E-state index contributed by atoms with van der Waals surface area (Å²) in [4.78, 5) is 10.2. The van der Waals surface area contributed by atoms with Gasteiger partial charge in [0, 0.05) is 6.54 Å². The molecule has 0 aliphatic carbocycles. The summed E-state index contributed by atoms with van der Waals surface area (Å²) in [7, 11) is 0. The third-order valence-corrected chi connectivity index (χ3v) is 1.32. The molecule has 8 N–H and O–H groups in total. The SMILES string of the molecule is N=C(N)NCCCC(N)C(=O)O.[K+].[OH-]. The molecule has 0 bridgehead atoms. The number of guanidine groups is 1. The number of nitrogens with two attached hydrogens (primary N) is 2. The van der Waals surface area contributed by atoms with Crippen LogP contribution in [0.2, 0.25) is 0 Å². The van der Waals surface area contributed by atoms with E-state index in [-0.39, 0.29) is 62.8 Å². The number of carboxylic acids is 1. The van der Waals surface area contributed by atoms with E-state index in [1.165, 1.54) is 0 Å². The van der Waals surface area contributed by atoms with Gasteiger partial charge >= 0.3 is 57.4 Å². The van der Waals surface area contributed by atoms with Crippen molar-refractivity contribution in [3.63, 3.8) is 0 Å². The zero-order valence-corrected chi connectivity index (χ0v) is 11.3. The summed E-state index contributed by atoms with van der Waals surface area (Å²) < 4.78 is 0. The van der Waals surface area contributed by atoms with Crippen LogP contribution in [0.15, 0.2) is 0 Å². The number of carbonyl (C=O) groups is 1. The molecule has 1 atom stereocenters. The largest absolute Gasteiger partial charge is 1.00 e. The average Bonchev–Trinajstić information content (AvgIpc) is 1.97. The number of nitrogens with one attached hydrogen (secondary N) is 2. The molecule has 0 spiro atoms. The molecule has 0 amide bonds. The Morgan fingerprint density at radius 3 is 2.43 bits per heavy atom. The molecule has 0 radical (unpaired) electrons. The van der Waals surface area contributed by atoms with Gasteiger partial charge in [0.05, 0.1) is 0 Å². The van der Waals surface area contributed by atoms with Gasteiger partial charge in [0.2, 0.25) is 0 Å². The van der Waals surface area contributed by atoms with Crippen LogP contribution in [0.5, 0.6) is 0 Å². The van der Waals surface area contributed by atoms with Gasteiger partial charge in [-0.25, -0.2) is 0 Å². The average molecular weight is 230 g/mol. The predicted octanol–water partition coefficient (Wildman–Crippen LogP) is -4.51. The minimum atomic E-state index is -1.00. The first-order chi connectivity index (χ1) is 5.54. The number of rotatable bonds is 5. The molecule has 8 heteroatoms. The van der Waals surface area contributed by atoms with Crippen molar-refractivity contribution in [3.05, 3.63) is 0 Å². The van der Waals surface area contributed by atoms with E-state index < -0.39 is 12.0 Å². The Labute approximate surface area is 125 Å². The molecule has 0 aliphatic heterocycles. The molecule has 7 nitrogen and oxygen atoms in total. The van der Waals surface area contributed by atoms with Gasteiger partial charge in [0.15, 0.2) is 5.96 Å². The van der Waals surface area contributed by atoms with Gasteiger partial charge < -0.3 is 27.4 Å². The minimum absolute atomic E-state index is 0. The molecule has 1 unspecified atom stereocenters. The molecule has 0 saturated heterocycles. The summed E-state index contributed by atoms with van der Waals surface area (Å²) >= 11 is 0. The van der Waals surface area contributed by atoms with Crippen LogP contribution in [0.4, 0.5) is 0 Å². The molecular formula is C6H15KN4O3. The van der Waals surface area contributed by atoms with E-state index in [9.17, 15) is 4.79 Å². The van der Waals surface area contributed by atoms with Gasteiger partial charge in [0.1, 0.15) is 6.04 Å². The normalized spacial score (nSPS) is 10.4. The van der Waals surface area contributed by atoms with Crippen LogP contribution in [-0.2, 0) is 4.79 Å². The monoisotopic (exact) mass is 230 g/mol. The maximum absolute atomic E-state index is 10.2. The van der Waals surface area contributed by atoms with Crippen molar-refractivity contribution in [2.45, 2.75) is 18.9 Å². The van der Waals surface area contributed by atoms with E-state index in [1.54, 1.807) is 0 Å². The first kappa shape index (κ1) is 19.8. The Morgan fingerprint density at radius 2 is 2.07 bits per heavy atom. The molecule has 78 valence electrons. The van der Waals surface area contributed by atoms with Crippen molar-refractivity contribution >= 4 is 11.9 Å². The molecule has 0 rings (SSSR count). The second kappa shape index (κ2) is 11.4. The van der Waals surface area contributed by atoms with E-state index in [0.717, 1.165) is 0 Å². The third kappa shape index (κ3) is 12.3. The fourth-order valence-electron chi connectivity index (χ4n) is 0.669. The third-order valence-electron chi connectivity index (χ3n) is 1.32. The van der Waals surface area contributed by atoms with Gasteiger partial charge in [-0.1, -0.05) is 0 Å². The maximum Gasteiger partial charge on any atom is 1.00 e. The van der Waals surface area contributed by atoms with E-state index in [4.69, 9.17) is 22.0 Å². The summed E-state index contributed by atoms with van der Waals surface area (Å²) in [6, 6.07) is -0.821. The Balaban J connectivity index is -0.000000605. The van der Waals surface area contributed by atoms with Crippen molar-refractivity contribution < 1.29 is 66.8 Å². The summed E-state index contributed by atoms with van der Waals surface area (Å²) in [6.45, 7) is 0.482. The standard InChI is InChI=1S/C6H14N4O2.K.H2O/c7-4(5(11)12)2-1-3-10-6(8)9;;/h4H,1-3,7H2,(H,11,12)(H4,8,9,10);;1H2/q;+1;/p-1. The Bertz CT molecular complexity index is 178. The van der Waals surface area contributed by atoms with E-state index in [1.807, 2.05) is 0 Å². The maximum atomic E-state index is 10.2. The zero-order valence-electron chi connectivity index (χ0n) is 8.16. The molecule has 14 heavy (non-hydrogen) atoms. The predicted molar refractivity (Wildman–Crippen MR) is 46.7 cm³/mol. The van der Waals surface area contributed by atoms with Crippen LogP contribution in [0.25, 0.3) is 0 Å². The van der Waals surface area contributed by atoms with Crippen LogP contribution in [0, 0.1) is 5.41 Å². The van der Waals surface area contributed by atoms with Crippen molar-refractivity contribution in [2.24, 2.45) is 11.5 Å². The van der Waals surface area contributed by atoms with Crippen LogP contribution in [-0.4, -0.2) is 35.1 Å². The van der Waals surface area contributed by atoms with E-state index in [2.05, 4.69) is 5.32 Å². The van der Waals surface area contributed by atoms with Crippen LogP contribution >= 0.6 is 0 Å². The summed E-state index contributed by atoms with van der Waals surface area (Å²) in [5.41, 5.74) is 10.2. The first-order valence-electron chi connectivity index (χ1n) is 3.60. The fourth-order valence-corrected chi connectivity index (χ4v) is 0.669.